The Balaban J connectivity index is 2.66. The maximum atomic E-state index is 11.1. The molecule has 1 aromatic heterocycles. The molecule has 0 unspecified atom stereocenters. The van der Waals surface area contributed by atoms with Crippen LogP contribution >= 0.6 is 0 Å². The van der Waals surface area contributed by atoms with Gasteiger partial charge in [0.15, 0.2) is 0 Å². The summed E-state index contributed by atoms with van der Waals surface area (Å²) in [5.74, 6) is -1.82. The second kappa shape index (κ2) is 5.50. The maximum Gasteiger partial charge on any atom is 0.336 e. The van der Waals surface area contributed by atoms with E-state index in [2.05, 4.69) is 13.9 Å². The van der Waals surface area contributed by atoms with E-state index in [0.29, 0.717) is 0 Å². The van der Waals surface area contributed by atoms with Gasteiger partial charge in [-0.1, -0.05) is 0 Å². The Labute approximate surface area is 90.1 Å². The van der Waals surface area contributed by atoms with E-state index in [0.717, 1.165) is 30.7 Å². The normalized spacial score (nSPS) is 10.1. The van der Waals surface area contributed by atoms with E-state index < -0.39 is 17.4 Å². The third-order valence-corrected chi connectivity index (χ3v) is 1.48. The van der Waals surface area contributed by atoms with Gasteiger partial charge >= 0.3 is 11.9 Å². The van der Waals surface area contributed by atoms with Crippen molar-refractivity contribution in [1.29, 1.82) is 0 Å². The molecule has 0 aliphatic carbocycles. The summed E-state index contributed by atoms with van der Waals surface area (Å²) in [5.41, 5.74) is -0.494. The third-order valence-electron chi connectivity index (χ3n) is 1.48. The van der Waals surface area contributed by atoms with Gasteiger partial charge in [-0.2, -0.15) is 0 Å². The molecule has 0 bridgehead atoms. The lowest BCUT2D eigenvalue weighted by Gasteiger charge is -1.97. The first-order valence-corrected chi connectivity index (χ1v) is 4.18. The second-order valence-corrected chi connectivity index (χ2v) is 2.56. The fourth-order valence-electron chi connectivity index (χ4n) is 0.763. The summed E-state index contributed by atoms with van der Waals surface area (Å²) in [4.78, 5) is 32.8. The van der Waals surface area contributed by atoms with Crippen LogP contribution in [0.4, 0.5) is 0 Å². The molecule has 84 valence electrons. The molecule has 0 aliphatic heterocycles. The van der Waals surface area contributed by atoms with E-state index in [9.17, 15) is 14.4 Å². The number of carbonyl (C=O) groups excluding carboxylic acids is 2. The minimum atomic E-state index is -0.871. The lowest BCUT2D eigenvalue weighted by Crippen LogP contribution is -2.11. The van der Waals surface area contributed by atoms with Crippen molar-refractivity contribution in [2.45, 2.75) is 0 Å². The van der Waals surface area contributed by atoms with E-state index in [4.69, 9.17) is 0 Å². The van der Waals surface area contributed by atoms with Gasteiger partial charge in [0.2, 0.25) is 11.2 Å². The topological polar surface area (TPSA) is 82.8 Å². The number of hydrogen-bond donors (Lipinski definition) is 0. The quantitative estimate of drug-likeness (QED) is 0.541. The van der Waals surface area contributed by atoms with Crippen LogP contribution in [-0.4, -0.2) is 19.0 Å². The summed E-state index contributed by atoms with van der Waals surface area (Å²) < 4.78 is 13.5. The molecule has 16 heavy (non-hydrogen) atoms. The molecule has 0 aromatic carbocycles. The van der Waals surface area contributed by atoms with Crippen molar-refractivity contribution in [2.24, 2.45) is 0 Å². The molecule has 6 heteroatoms. The Hall–Kier alpha value is -2.37. The molecule has 1 aromatic rings. The molecule has 0 saturated heterocycles. The monoisotopic (exact) mass is 224 g/mol. The first-order valence-electron chi connectivity index (χ1n) is 4.18. The Morgan fingerprint density at radius 3 is 2.62 bits per heavy atom. The van der Waals surface area contributed by atoms with Gasteiger partial charge in [0, 0.05) is 18.2 Å². The summed E-state index contributed by atoms with van der Waals surface area (Å²) in [5, 5.41) is 0. The first-order chi connectivity index (χ1) is 7.63. The van der Waals surface area contributed by atoms with Crippen LogP contribution < -0.4 is 10.2 Å². The molecule has 0 spiro atoms. The molecule has 1 rings (SSSR count). The predicted octanol–water partition coefficient (Wildman–Crippen LogP) is 0.274. The molecule has 0 aliphatic rings. The Kier molecular flexibility index (Phi) is 4.02. The summed E-state index contributed by atoms with van der Waals surface area (Å²) in [6.07, 6.45) is 3.88. The van der Waals surface area contributed by atoms with Crippen molar-refractivity contribution < 1.29 is 23.5 Å². The van der Waals surface area contributed by atoms with Gasteiger partial charge in [0.1, 0.15) is 6.26 Å². The van der Waals surface area contributed by atoms with Crippen LogP contribution in [-0.2, 0) is 14.3 Å². The van der Waals surface area contributed by atoms with Gasteiger partial charge in [0.25, 0.3) is 0 Å². The van der Waals surface area contributed by atoms with Crippen LogP contribution in [0.5, 0.6) is 5.75 Å². The van der Waals surface area contributed by atoms with Crippen molar-refractivity contribution in [3.8, 4) is 5.75 Å². The molecular weight excluding hydrogens is 216 g/mol. The molecule has 0 atom stereocenters. The van der Waals surface area contributed by atoms with Gasteiger partial charge in [0.05, 0.1) is 13.4 Å². The van der Waals surface area contributed by atoms with Crippen molar-refractivity contribution in [2.75, 3.05) is 7.11 Å². The standard InChI is InChI=1S/C10H8O6/c1-14-9(12)2-3-10(13)16-8-6-15-5-4-7(8)11/h2-6H,1H3/b3-2+. The number of ether oxygens (including phenoxy) is 2. The van der Waals surface area contributed by atoms with E-state index in [1.54, 1.807) is 0 Å². The summed E-state index contributed by atoms with van der Waals surface area (Å²) in [6, 6.07) is 1.10. The van der Waals surface area contributed by atoms with Crippen molar-refractivity contribution >= 4 is 11.9 Å². The molecular formula is C10H8O6. The van der Waals surface area contributed by atoms with Crippen molar-refractivity contribution in [3.05, 3.63) is 41.0 Å². The maximum absolute atomic E-state index is 11.1. The SMILES string of the molecule is COC(=O)/C=C/C(=O)Oc1coccc1=O. The predicted molar refractivity (Wildman–Crippen MR) is 51.8 cm³/mol. The number of hydrogen-bond acceptors (Lipinski definition) is 6. The van der Waals surface area contributed by atoms with Crippen molar-refractivity contribution in [1.82, 2.24) is 0 Å². The van der Waals surface area contributed by atoms with Crippen LogP contribution in [0, 0.1) is 0 Å². The van der Waals surface area contributed by atoms with E-state index >= 15 is 0 Å². The molecule has 1 heterocycles. The van der Waals surface area contributed by atoms with Gasteiger partial charge in [-0.3, -0.25) is 4.79 Å². The highest BCUT2D eigenvalue weighted by molar-refractivity contribution is 5.92. The molecule has 0 saturated carbocycles. The fourth-order valence-corrected chi connectivity index (χ4v) is 0.763. The summed E-state index contributed by atoms with van der Waals surface area (Å²) in [7, 11) is 1.17. The molecule has 0 radical (unpaired) electrons. The highest BCUT2D eigenvalue weighted by Gasteiger charge is 2.05. The average Bonchev–Trinajstić information content (AvgIpc) is 2.29. The van der Waals surface area contributed by atoms with Gasteiger partial charge in [-0.05, 0) is 0 Å². The zero-order chi connectivity index (χ0) is 12.0. The second-order valence-electron chi connectivity index (χ2n) is 2.56. The lowest BCUT2D eigenvalue weighted by atomic mass is 10.4. The third kappa shape index (κ3) is 3.41. The molecule has 6 nitrogen and oxygen atoms in total. The van der Waals surface area contributed by atoms with Gasteiger partial charge in [-0.15, -0.1) is 0 Å². The van der Waals surface area contributed by atoms with E-state index in [-0.39, 0.29) is 5.75 Å². The zero-order valence-electron chi connectivity index (χ0n) is 8.34. The lowest BCUT2D eigenvalue weighted by molar-refractivity contribution is -0.135. The minimum Gasteiger partial charge on any atom is -0.468 e. The molecule has 0 N–H and O–H groups in total. The Bertz CT molecular complexity index is 470. The smallest absolute Gasteiger partial charge is 0.336 e. The number of methoxy groups -OCH3 is 1. The first kappa shape index (κ1) is 11.7. The van der Waals surface area contributed by atoms with Crippen LogP contribution in [0.15, 0.2) is 40.0 Å². The fraction of sp³-hybridized carbons (Fsp3) is 0.100. The Morgan fingerprint density at radius 1 is 1.31 bits per heavy atom. The largest absolute Gasteiger partial charge is 0.468 e. The zero-order valence-corrected chi connectivity index (χ0v) is 8.34. The number of carbonyl (C=O) groups is 2. The van der Waals surface area contributed by atoms with E-state index in [1.807, 2.05) is 0 Å². The molecule has 0 amide bonds. The highest BCUT2D eigenvalue weighted by atomic mass is 16.5. The average molecular weight is 224 g/mol. The minimum absolute atomic E-state index is 0.248. The number of rotatable bonds is 3. The van der Waals surface area contributed by atoms with E-state index in [1.165, 1.54) is 7.11 Å². The van der Waals surface area contributed by atoms with Crippen molar-refractivity contribution in [3.63, 3.8) is 0 Å². The van der Waals surface area contributed by atoms with Gasteiger partial charge < -0.3 is 13.9 Å². The van der Waals surface area contributed by atoms with Crippen LogP contribution in [0.2, 0.25) is 0 Å². The molecule has 0 fully saturated rings. The number of esters is 2. The Morgan fingerprint density at radius 2 is 2.00 bits per heavy atom. The van der Waals surface area contributed by atoms with Crippen LogP contribution in [0.3, 0.4) is 0 Å². The highest BCUT2D eigenvalue weighted by Crippen LogP contribution is 2.01. The van der Waals surface area contributed by atoms with Crippen LogP contribution in [0.25, 0.3) is 0 Å². The summed E-state index contributed by atoms with van der Waals surface area (Å²) >= 11 is 0. The van der Waals surface area contributed by atoms with Gasteiger partial charge in [-0.25, -0.2) is 9.59 Å². The summed E-state index contributed by atoms with van der Waals surface area (Å²) in [6.45, 7) is 0. The van der Waals surface area contributed by atoms with Crippen LogP contribution in [0.1, 0.15) is 0 Å².